The van der Waals surface area contributed by atoms with Gasteiger partial charge in [0.05, 0.1) is 20.3 Å². The molecule has 0 radical (unpaired) electrons. The highest BCUT2D eigenvalue weighted by Gasteiger charge is 2.20. The van der Waals surface area contributed by atoms with E-state index >= 15 is 0 Å². The number of rotatable bonds is 6. The summed E-state index contributed by atoms with van der Waals surface area (Å²) in [4.78, 5) is 12.1. The lowest BCUT2D eigenvalue weighted by atomic mass is 10.0. The number of para-hydroxylation sites is 1. The van der Waals surface area contributed by atoms with Gasteiger partial charge >= 0.3 is 6.03 Å². The van der Waals surface area contributed by atoms with Crippen LogP contribution in [0.2, 0.25) is 0 Å². The highest BCUT2D eigenvalue weighted by Crippen LogP contribution is 2.25. The molecule has 0 aliphatic carbocycles. The molecule has 0 fully saturated rings. The van der Waals surface area contributed by atoms with Crippen LogP contribution >= 0.6 is 0 Å². The Morgan fingerprint density at radius 1 is 1.19 bits per heavy atom. The zero-order valence-corrected chi connectivity index (χ0v) is 15.1. The fourth-order valence-corrected chi connectivity index (χ4v) is 3.03. The maximum atomic E-state index is 12.1. The molecule has 0 saturated heterocycles. The molecule has 26 heavy (non-hydrogen) atoms. The van der Waals surface area contributed by atoms with Crippen molar-refractivity contribution in [3.05, 3.63) is 53.6 Å². The van der Waals surface area contributed by atoms with Crippen LogP contribution < -0.4 is 24.8 Å². The number of hydrogen-bond acceptors (Lipinski definition) is 4. The second-order valence-electron chi connectivity index (χ2n) is 6.15. The number of carbonyl (C=O) groups excluding carboxylic acids is 1. The fourth-order valence-electron chi connectivity index (χ4n) is 3.03. The summed E-state index contributed by atoms with van der Waals surface area (Å²) in [6, 6.07) is 13.4. The molecular formula is C20H24N2O4. The lowest BCUT2D eigenvalue weighted by Gasteiger charge is -2.26. The van der Waals surface area contributed by atoms with Gasteiger partial charge in [-0.2, -0.15) is 0 Å². The van der Waals surface area contributed by atoms with E-state index in [9.17, 15) is 4.79 Å². The summed E-state index contributed by atoms with van der Waals surface area (Å²) in [5, 5.41) is 5.86. The van der Waals surface area contributed by atoms with Crippen molar-refractivity contribution in [2.24, 2.45) is 0 Å². The first-order valence-corrected chi connectivity index (χ1v) is 8.65. The van der Waals surface area contributed by atoms with Crippen molar-refractivity contribution in [1.29, 1.82) is 0 Å². The Bertz CT molecular complexity index is 763. The molecular weight excluding hydrogens is 332 g/mol. The second kappa shape index (κ2) is 8.47. The lowest BCUT2D eigenvalue weighted by Crippen LogP contribution is -2.47. The number of amides is 2. The van der Waals surface area contributed by atoms with E-state index in [1.54, 1.807) is 14.2 Å². The van der Waals surface area contributed by atoms with Crippen molar-refractivity contribution >= 4 is 6.03 Å². The number of methoxy groups -OCH3 is 2. The van der Waals surface area contributed by atoms with E-state index < -0.39 is 0 Å². The SMILES string of the molecule is COc1ccc(CCNC(=O)N[C@@H]2COc3ccccc3C2)c(OC)c1. The third kappa shape index (κ3) is 4.39. The van der Waals surface area contributed by atoms with Crippen LogP contribution in [0.15, 0.2) is 42.5 Å². The molecule has 0 aromatic heterocycles. The van der Waals surface area contributed by atoms with Gasteiger partial charge in [-0.05, 0) is 36.1 Å². The molecule has 2 aromatic rings. The highest BCUT2D eigenvalue weighted by atomic mass is 16.5. The first kappa shape index (κ1) is 17.9. The van der Waals surface area contributed by atoms with Crippen molar-refractivity contribution in [1.82, 2.24) is 10.6 Å². The van der Waals surface area contributed by atoms with Gasteiger partial charge in [-0.1, -0.05) is 24.3 Å². The zero-order valence-electron chi connectivity index (χ0n) is 15.1. The van der Waals surface area contributed by atoms with Crippen molar-refractivity contribution < 1.29 is 19.0 Å². The number of carbonyl (C=O) groups is 1. The summed E-state index contributed by atoms with van der Waals surface area (Å²) < 4.78 is 16.3. The van der Waals surface area contributed by atoms with E-state index in [4.69, 9.17) is 14.2 Å². The van der Waals surface area contributed by atoms with Gasteiger partial charge in [-0.3, -0.25) is 0 Å². The minimum Gasteiger partial charge on any atom is -0.497 e. The summed E-state index contributed by atoms with van der Waals surface area (Å²) in [6.45, 7) is 0.995. The smallest absolute Gasteiger partial charge is 0.315 e. The Morgan fingerprint density at radius 2 is 2.04 bits per heavy atom. The van der Waals surface area contributed by atoms with Gasteiger partial charge in [0, 0.05) is 12.6 Å². The molecule has 138 valence electrons. The van der Waals surface area contributed by atoms with Crippen molar-refractivity contribution in [3.63, 3.8) is 0 Å². The summed E-state index contributed by atoms with van der Waals surface area (Å²) in [5.41, 5.74) is 2.13. The quantitative estimate of drug-likeness (QED) is 0.835. The number of ether oxygens (including phenoxy) is 3. The Kier molecular flexibility index (Phi) is 5.84. The standard InChI is InChI=1S/C20H24N2O4/c1-24-17-8-7-14(19(12-17)25-2)9-10-21-20(23)22-16-11-15-5-3-4-6-18(15)26-13-16/h3-8,12,16H,9-11,13H2,1-2H3,(H2,21,22,23)/t16-/m0/s1. The van der Waals surface area contributed by atoms with E-state index in [1.807, 2.05) is 42.5 Å². The third-order valence-corrected chi connectivity index (χ3v) is 4.39. The van der Waals surface area contributed by atoms with Crippen molar-refractivity contribution in [3.8, 4) is 17.2 Å². The monoisotopic (exact) mass is 356 g/mol. The summed E-state index contributed by atoms with van der Waals surface area (Å²) in [7, 11) is 3.24. The van der Waals surface area contributed by atoms with Gasteiger partial charge in [0.1, 0.15) is 23.9 Å². The van der Waals surface area contributed by atoms with Gasteiger partial charge in [-0.25, -0.2) is 4.79 Å². The predicted molar refractivity (Wildman–Crippen MR) is 99.2 cm³/mol. The van der Waals surface area contributed by atoms with Crippen LogP contribution in [0.1, 0.15) is 11.1 Å². The van der Waals surface area contributed by atoms with Crippen LogP contribution in [0.4, 0.5) is 4.79 Å². The Labute approximate surface area is 153 Å². The molecule has 2 aromatic carbocycles. The minimum atomic E-state index is -0.189. The average molecular weight is 356 g/mol. The van der Waals surface area contributed by atoms with Crippen LogP contribution in [-0.4, -0.2) is 39.4 Å². The molecule has 6 nitrogen and oxygen atoms in total. The molecule has 0 unspecified atom stereocenters. The number of nitrogens with one attached hydrogen (secondary N) is 2. The predicted octanol–water partition coefficient (Wildman–Crippen LogP) is 2.55. The maximum absolute atomic E-state index is 12.1. The Morgan fingerprint density at radius 3 is 2.85 bits per heavy atom. The minimum absolute atomic E-state index is 0.0274. The highest BCUT2D eigenvalue weighted by molar-refractivity contribution is 5.74. The molecule has 1 aliphatic rings. The maximum Gasteiger partial charge on any atom is 0.315 e. The largest absolute Gasteiger partial charge is 0.497 e. The molecule has 1 aliphatic heterocycles. The van der Waals surface area contributed by atoms with Crippen LogP contribution in [0, 0.1) is 0 Å². The van der Waals surface area contributed by atoms with Gasteiger partial charge in [0.25, 0.3) is 0 Å². The molecule has 0 saturated carbocycles. The number of hydrogen-bond donors (Lipinski definition) is 2. The normalized spacial score (nSPS) is 15.4. The van der Waals surface area contributed by atoms with E-state index in [0.29, 0.717) is 19.6 Å². The summed E-state index contributed by atoms with van der Waals surface area (Å²) in [6.07, 6.45) is 1.44. The number of urea groups is 1. The van der Waals surface area contributed by atoms with Gasteiger partial charge in [0.15, 0.2) is 0 Å². The lowest BCUT2D eigenvalue weighted by molar-refractivity contribution is 0.214. The molecule has 2 N–H and O–H groups in total. The zero-order chi connectivity index (χ0) is 18.4. The van der Waals surface area contributed by atoms with E-state index in [1.165, 1.54) is 0 Å². The van der Waals surface area contributed by atoms with E-state index in [2.05, 4.69) is 10.6 Å². The molecule has 1 atom stereocenters. The van der Waals surface area contributed by atoms with Crippen LogP contribution in [0.3, 0.4) is 0 Å². The average Bonchev–Trinajstić information content (AvgIpc) is 2.68. The first-order valence-electron chi connectivity index (χ1n) is 8.65. The topological polar surface area (TPSA) is 68.8 Å². The Hall–Kier alpha value is -2.89. The van der Waals surface area contributed by atoms with Gasteiger partial charge < -0.3 is 24.8 Å². The number of benzene rings is 2. The van der Waals surface area contributed by atoms with Gasteiger partial charge in [-0.15, -0.1) is 0 Å². The molecule has 2 amide bonds. The fraction of sp³-hybridized carbons (Fsp3) is 0.350. The van der Waals surface area contributed by atoms with Crippen LogP contribution in [-0.2, 0) is 12.8 Å². The molecule has 0 bridgehead atoms. The summed E-state index contributed by atoms with van der Waals surface area (Å²) >= 11 is 0. The van der Waals surface area contributed by atoms with Crippen LogP contribution in [0.25, 0.3) is 0 Å². The van der Waals surface area contributed by atoms with Crippen molar-refractivity contribution in [2.75, 3.05) is 27.4 Å². The van der Waals surface area contributed by atoms with Gasteiger partial charge in [0.2, 0.25) is 0 Å². The second-order valence-corrected chi connectivity index (χ2v) is 6.15. The van der Waals surface area contributed by atoms with E-state index in [-0.39, 0.29) is 12.1 Å². The first-order chi connectivity index (χ1) is 12.7. The molecule has 1 heterocycles. The molecule has 0 spiro atoms. The van der Waals surface area contributed by atoms with E-state index in [0.717, 1.165) is 34.8 Å². The number of fused-ring (bicyclic) bond motifs is 1. The summed E-state index contributed by atoms with van der Waals surface area (Å²) in [5.74, 6) is 2.40. The molecule has 6 heteroatoms. The van der Waals surface area contributed by atoms with Crippen LogP contribution in [0.5, 0.6) is 17.2 Å². The Balaban J connectivity index is 1.46. The third-order valence-electron chi connectivity index (χ3n) is 4.39. The van der Waals surface area contributed by atoms with Crippen molar-refractivity contribution in [2.45, 2.75) is 18.9 Å². The molecule has 3 rings (SSSR count).